The predicted molar refractivity (Wildman–Crippen MR) is 116 cm³/mol. The van der Waals surface area contributed by atoms with Gasteiger partial charge in [0.25, 0.3) is 0 Å². The van der Waals surface area contributed by atoms with E-state index in [-0.39, 0.29) is 0 Å². The van der Waals surface area contributed by atoms with Crippen molar-refractivity contribution >= 4 is 51.0 Å². The van der Waals surface area contributed by atoms with Crippen LogP contribution in [0.25, 0.3) is 11.0 Å². The fourth-order valence-electron chi connectivity index (χ4n) is 2.42. The number of benzene rings is 1. The van der Waals surface area contributed by atoms with Crippen molar-refractivity contribution < 1.29 is 4.74 Å². The number of allylic oxidation sites excluding steroid dienone is 2. The molecule has 0 saturated heterocycles. The van der Waals surface area contributed by atoms with Crippen LogP contribution in [0.3, 0.4) is 0 Å². The van der Waals surface area contributed by atoms with E-state index in [0.717, 1.165) is 27.6 Å². The standard InChI is InChI=1S/C20H17BrN6O/c1-3-16(6-7-23-11-22)28-18-5-4-15(8-13(18)2)27-20-19-17(25-12-26-20)9-14(21)10-24-19/h3-12,22H,1H2,2H3,(H,25,26,27)/b16-6+,22-11?,23-7?. The summed E-state index contributed by atoms with van der Waals surface area (Å²) in [5.41, 5.74) is 3.21. The fraction of sp³-hybridized carbons (Fsp3) is 0.0500. The van der Waals surface area contributed by atoms with Gasteiger partial charge < -0.3 is 10.1 Å². The molecule has 28 heavy (non-hydrogen) atoms. The number of rotatable bonds is 7. The van der Waals surface area contributed by atoms with Crippen LogP contribution >= 0.6 is 15.9 Å². The van der Waals surface area contributed by atoms with E-state index in [2.05, 4.69) is 47.8 Å². The zero-order valence-electron chi connectivity index (χ0n) is 15.1. The van der Waals surface area contributed by atoms with Crippen LogP contribution in [0, 0.1) is 12.3 Å². The zero-order chi connectivity index (χ0) is 19.9. The number of anilines is 2. The van der Waals surface area contributed by atoms with Gasteiger partial charge in [0.1, 0.15) is 29.7 Å². The van der Waals surface area contributed by atoms with Gasteiger partial charge in [-0.1, -0.05) is 6.58 Å². The van der Waals surface area contributed by atoms with E-state index in [0.29, 0.717) is 22.8 Å². The largest absolute Gasteiger partial charge is 0.457 e. The van der Waals surface area contributed by atoms with Crippen molar-refractivity contribution in [2.24, 2.45) is 4.99 Å². The fourth-order valence-corrected chi connectivity index (χ4v) is 2.74. The molecule has 8 heteroatoms. The van der Waals surface area contributed by atoms with E-state index < -0.39 is 0 Å². The second-order valence-electron chi connectivity index (χ2n) is 5.65. The molecule has 0 radical (unpaired) electrons. The first kappa shape index (κ1) is 19.4. The maximum atomic E-state index is 6.89. The first-order valence-corrected chi connectivity index (χ1v) is 9.06. The Labute approximate surface area is 170 Å². The summed E-state index contributed by atoms with van der Waals surface area (Å²) in [7, 11) is 0. The second-order valence-corrected chi connectivity index (χ2v) is 6.57. The molecule has 0 aliphatic rings. The quantitative estimate of drug-likeness (QED) is 0.236. The van der Waals surface area contributed by atoms with Crippen LogP contribution in [0.4, 0.5) is 11.5 Å². The Morgan fingerprint density at radius 2 is 2.14 bits per heavy atom. The highest BCUT2D eigenvalue weighted by Gasteiger charge is 2.08. The van der Waals surface area contributed by atoms with E-state index in [4.69, 9.17) is 10.1 Å². The van der Waals surface area contributed by atoms with E-state index >= 15 is 0 Å². The van der Waals surface area contributed by atoms with Crippen LogP contribution in [0.2, 0.25) is 0 Å². The highest BCUT2D eigenvalue weighted by atomic mass is 79.9. The van der Waals surface area contributed by atoms with Crippen molar-refractivity contribution in [3.05, 3.63) is 71.3 Å². The van der Waals surface area contributed by atoms with Crippen molar-refractivity contribution in [3.63, 3.8) is 0 Å². The van der Waals surface area contributed by atoms with Crippen LogP contribution < -0.4 is 10.1 Å². The summed E-state index contributed by atoms with van der Waals surface area (Å²) >= 11 is 3.40. The Morgan fingerprint density at radius 1 is 1.29 bits per heavy atom. The topological polar surface area (TPSA) is 96.1 Å². The number of fused-ring (bicyclic) bond motifs is 1. The third kappa shape index (κ3) is 4.66. The van der Waals surface area contributed by atoms with Crippen LogP contribution in [0.15, 0.2) is 70.7 Å². The lowest BCUT2D eigenvalue weighted by Gasteiger charge is -2.12. The van der Waals surface area contributed by atoms with Crippen molar-refractivity contribution in [2.75, 3.05) is 5.32 Å². The molecule has 0 spiro atoms. The van der Waals surface area contributed by atoms with Crippen molar-refractivity contribution in [1.82, 2.24) is 15.0 Å². The number of aliphatic imine (C=N–C) groups is 1. The number of aryl methyl sites for hydroxylation is 1. The Kier molecular flexibility index (Phi) is 6.23. The minimum atomic E-state index is 0.533. The van der Waals surface area contributed by atoms with Gasteiger partial charge in [0.2, 0.25) is 0 Å². The van der Waals surface area contributed by atoms with Crippen LogP contribution in [-0.2, 0) is 0 Å². The third-order valence-corrected chi connectivity index (χ3v) is 4.14. The van der Waals surface area contributed by atoms with Gasteiger partial charge in [-0.05, 0) is 64.8 Å². The third-order valence-electron chi connectivity index (χ3n) is 3.71. The minimum Gasteiger partial charge on any atom is -0.457 e. The number of hydrogen-bond donors (Lipinski definition) is 2. The van der Waals surface area contributed by atoms with Crippen molar-refractivity contribution in [2.45, 2.75) is 6.92 Å². The van der Waals surface area contributed by atoms with Gasteiger partial charge in [0, 0.05) is 22.6 Å². The van der Waals surface area contributed by atoms with Crippen LogP contribution in [0.5, 0.6) is 5.75 Å². The van der Waals surface area contributed by atoms with E-state index in [1.54, 1.807) is 18.3 Å². The maximum Gasteiger partial charge on any atom is 0.160 e. The summed E-state index contributed by atoms with van der Waals surface area (Å²) in [5, 5.41) is 10.2. The molecule has 7 nitrogen and oxygen atoms in total. The van der Waals surface area contributed by atoms with Crippen molar-refractivity contribution in [3.8, 4) is 5.75 Å². The van der Waals surface area contributed by atoms with Crippen LogP contribution in [0.1, 0.15) is 5.56 Å². The lowest BCUT2D eigenvalue weighted by molar-refractivity contribution is 0.442. The summed E-state index contributed by atoms with van der Waals surface area (Å²) in [5.74, 6) is 1.85. The molecule has 140 valence electrons. The smallest absolute Gasteiger partial charge is 0.160 e. The molecule has 2 aromatic heterocycles. The predicted octanol–water partition coefficient (Wildman–Crippen LogP) is 4.97. The Balaban J connectivity index is 1.83. The van der Waals surface area contributed by atoms with E-state index in [1.807, 2.05) is 31.2 Å². The number of aromatic nitrogens is 3. The summed E-state index contributed by atoms with van der Waals surface area (Å²) in [6.45, 7) is 5.67. The molecule has 0 saturated carbocycles. The molecular weight excluding hydrogens is 420 g/mol. The molecule has 0 aliphatic carbocycles. The zero-order valence-corrected chi connectivity index (χ0v) is 16.6. The molecule has 0 fully saturated rings. The van der Waals surface area contributed by atoms with Gasteiger partial charge in [-0.3, -0.25) is 5.41 Å². The second kappa shape index (κ2) is 9.01. The number of halogens is 1. The molecule has 0 unspecified atom stereocenters. The first-order valence-electron chi connectivity index (χ1n) is 8.27. The monoisotopic (exact) mass is 436 g/mol. The molecule has 2 heterocycles. The normalized spacial score (nSPS) is 11.6. The number of nitrogens with one attached hydrogen (secondary N) is 2. The number of hydrogen-bond acceptors (Lipinski definition) is 6. The highest BCUT2D eigenvalue weighted by Crippen LogP contribution is 2.27. The number of pyridine rings is 1. The summed E-state index contributed by atoms with van der Waals surface area (Å²) in [6.07, 6.45) is 8.86. The van der Waals surface area contributed by atoms with Crippen LogP contribution in [-0.4, -0.2) is 27.5 Å². The summed E-state index contributed by atoms with van der Waals surface area (Å²) in [6, 6.07) is 7.59. The molecule has 3 aromatic rings. The molecule has 0 atom stereocenters. The van der Waals surface area contributed by atoms with Gasteiger partial charge in [0.15, 0.2) is 5.82 Å². The van der Waals surface area contributed by atoms with Gasteiger partial charge >= 0.3 is 0 Å². The first-order chi connectivity index (χ1) is 13.6. The number of ether oxygens (including phenoxy) is 1. The van der Waals surface area contributed by atoms with Gasteiger partial charge in [0.05, 0.1) is 5.52 Å². The summed E-state index contributed by atoms with van der Waals surface area (Å²) < 4.78 is 6.70. The summed E-state index contributed by atoms with van der Waals surface area (Å²) in [4.78, 5) is 16.6. The Hall–Kier alpha value is -3.39. The average Bonchev–Trinajstić information content (AvgIpc) is 2.69. The minimum absolute atomic E-state index is 0.533. The van der Waals surface area contributed by atoms with E-state index in [1.165, 1.54) is 12.5 Å². The van der Waals surface area contributed by atoms with Gasteiger partial charge in [-0.2, -0.15) is 0 Å². The van der Waals surface area contributed by atoms with E-state index in [9.17, 15) is 0 Å². The lowest BCUT2D eigenvalue weighted by Crippen LogP contribution is -1.99. The molecule has 0 bridgehead atoms. The molecule has 2 N–H and O–H groups in total. The molecular formula is C20H17BrN6O. The Bertz CT molecular complexity index is 1090. The molecule has 3 rings (SSSR count). The average molecular weight is 437 g/mol. The molecule has 1 aromatic carbocycles. The molecule has 0 aliphatic heterocycles. The van der Waals surface area contributed by atoms with Gasteiger partial charge in [-0.25, -0.2) is 19.9 Å². The van der Waals surface area contributed by atoms with Crippen molar-refractivity contribution in [1.29, 1.82) is 5.41 Å². The maximum absolute atomic E-state index is 6.89. The SMILES string of the molecule is C=C/C(=C\C=NC=N)Oc1ccc(Nc2ncnc3cc(Br)cnc23)cc1C. The Morgan fingerprint density at radius 3 is 2.89 bits per heavy atom. The lowest BCUT2D eigenvalue weighted by atomic mass is 10.2. The van der Waals surface area contributed by atoms with Gasteiger partial charge in [-0.15, -0.1) is 0 Å². The number of nitrogens with zero attached hydrogens (tertiary/aromatic N) is 4. The highest BCUT2D eigenvalue weighted by molar-refractivity contribution is 9.10. The molecule has 0 amide bonds.